The Morgan fingerprint density at radius 2 is 1.41 bits per heavy atom. The molecule has 0 bridgehead atoms. The normalized spacial score (nSPS) is 12.7. The van der Waals surface area contributed by atoms with Crippen LogP contribution >= 0.6 is 0 Å². The van der Waals surface area contributed by atoms with Crippen LogP contribution in [0.25, 0.3) is 0 Å². The quantitative estimate of drug-likeness (QED) is 0.590. The van der Waals surface area contributed by atoms with Crippen molar-refractivity contribution in [1.82, 2.24) is 0 Å². The summed E-state index contributed by atoms with van der Waals surface area (Å²) in [4.78, 5) is 0. The number of halogens is 6. The van der Waals surface area contributed by atoms with E-state index in [0.717, 1.165) is 0 Å². The zero-order chi connectivity index (χ0) is 13.4. The number of benzene rings is 1. The molecule has 17 heavy (non-hydrogen) atoms. The summed E-state index contributed by atoms with van der Waals surface area (Å²) in [6.45, 7) is 0. The van der Waals surface area contributed by atoms with Gasteiger partial charge in [-0.25, -0.2) is 0 Å². The molecule has 1 aromatic rings. The molecule has 0 aliphatic rings. The van der Waals surface area contributed by atoms with E-state index in [9.17, 15) is 26.3 Å². The molecule has 0 aromatic heterocycles. The molecule has 0 aliphatic carbocycles. The van der Waals surface area contributed by atoms with Gasteiger partial charge in [0.25, 0.3) is 0 Å². The highest BCUT2D eigenvalue weighted by Gasteiger charge is 2.39. The molecule has 2 nitrogen and oxygen atoms in total. The fourth-order valence-corrected chi connectivity index (χ4v) is 1.21. The van der Waals surface area contributed by atoms with Crippen LogP contribution in [0.5, 0.6) is 0 Å². The van der Waals surface area contributed by atoms with Crippen LogP contribution in [0.1, 0.15) is 11.1 Å². The topological polar surface area (TPSA) is 40.5 Å². The molecular formula is C8H5BF6O2. The van der Waals surface area contributed by atoms with Crippen LogP contribution in [-0.4, -0.2) is 17.2 Å². The lowest BCUT2D eigenvalue weighted by molar-refractivity contribution is -0.140. The molecule has 1 aromatic carbocycles. The molecular weight excluding hydrogens is 253 g/mol. The summed E-state index contributed by atoms with van der Waals surface area (Å²) in [6.07, 6.45) is -9.81. The number of hydrogen-bond donors (Lipinski definition) is 2. The van der Waals surface area contributed by atoms with Gasteiger partial charge >= 0.3 is 19.5 Å². The Bertz CT molecular complexity index is 411. The molecule has 0 saturated heterocycles. The second-order valence-corrected chi connectivity index (χ2v) is 3.17. The molecule has 0 saturated carbocycles. The Labute approximate surface area is 91.6 Å². The van der Waals surface area contributed by atoms with Crippen molar-refractivity contribution in [2.75, 3.05) is 0 Å². The minimum absolute atomic E-state index is 0.0630. The summed E-state index contributed by atoms with van der Waals surface area (Å²) < 4.78 is 73.6. The highest BCUT2D eigenvalue weighted by molar-refractivity contribution is 6.59. The maximum Gasteiger partial charge on any atom is 0.489 e. The van der Waals surface area contributed by atoms with Gasteiger partial charge in [0.15, 0.2) is 0 Å². The first-order valence-electron chi connectivity index (χ1n) is 4.18. The molecule has 0 heterocycles. The van der Waals surface area contributed by atoms with Crippen molar-refractivity contribution in [3.63, 3.8) is 0 Å². The molecule has 9 heteroatoms. The first-order valence-corrected chi connectivity index (χ1v) is 4.18. The molecule has 0 fully saturated rings. The summed E-state index contributed by atoms with van der Waals surface area (Å²) in [7, 11) is -2.63. The van der Waals surface area contributed by atoms with E-state index in [-0.39, 0.29) is 18.2 Å². The van der Waals surface area contributed by atoms with Crippen LogP contribution in [0.15, 0.2) is 18.2 Å². The summed E-state index contributed by atoms with van der Waals surface area (Å²) >= 11 is 0. The van der Waals surface area contributed by atoms with E-state index in [1.54, 1.807) is 0 Å². The molecule has 0 atom stereocenters. The van der Waals surface area contributed by atoms with Gasteiger partial charge in [-0.05, 0) is 23.7 Å². The average Bonchev–Trinajstić information content (AvgIpc) is 2.14. The lowest BCUT2D eigenvalue weighted by Crippen LogP contribution is -2.37. The van der Waals surface area contributed by atoms with E-state index in [2.05, 4.69) is 0 Å². The van der Waals surface area contributed by atoms with Gasteiger partial charge in [-0.2, -0.15) is 26.3 Å². The predicted molar refractivity (Wildman–Crippen MR) is 46.3 cm³/mol. The van der Waals surface area contributed by atoms with Crippen LogP contribution < -0.4 is 5.46 Å². The number of alkyl halides is 6. The van der Waals surface area contributed by atoms with Gasteiger partial charge < -0.3 is 10.0 Å². The van der Waals surface area contributed by atoms with Crippen molar-refractivity contribution in [3.8, 4) is 0 Å². The zero-order valence-corrected chi connectivity index (χ0v) is 7.97. The third-order valence-corrected chi connectivity index (χ3v) is 1.96. The highest BCUT2D eigenvalue weighted by Crippen LogP contribution is 2.32. The van der Waals surface area contributed by atoms with Gasteiger partial charge in [-0.3, -0.25) is 0 Å². The van der Waals surface area contributed by atoms with E-state index in [4.69, 9.17) is 10.0 Å². The predicted octanol–water partition coefficient (Wildman–Crippen LogP) is 1.40. The molecule has 0 aliphatic heterocycles. The summed E-state index contributed by atoms with van der Waals surface area (Å²) in [5.41, 5.74) is -4.12. The van der Waals surface area contributed by atoms with Crippen LogP contribution in [0.4, 0.5) is 26.3 Å². The van der Waals surface area contributed by atoms with Crippen LogP contribution in [0, 0.1) is 0 Å². The van der Waals surface area contributed by atoms with Gasteiger partial charge in [0, 0.05) is 0 Å². The number of rotatable bonds is 1. The Balaban J connectivity index is 3.38. The zero-order valence-electron chi connectivity index (χ0n) is 7.97. The molecule has 94 valence electrons. The van der Waals surface area contributed by atoms with Gasteiger partial charge in [0.1, 0.15) is 0 Å². The fourth-order valence-electron chi connectivity index (χ4n) is 1.21. The van der Waals surface area contributed by atoms with E-state index in [1.165, 1.54) is 0 Å². The molecule has 1 rings (SSSR count). The van der Waals surface area contributed by atoms with E-state index in [1.807, 2.05) is 0 Å². The van der Waals surface area contributed by atoms with E-state index in [0.29, 0.717) is 0 Å². The van der Waals surface area contributed by atoms with Gasteiger partial charge in [-0.1, -0.05) is 0 Å². The Kier molecular flexibility index (Phi) is 3.44. The van der Waals surface area contributed by atoms with E-state index >= 15 is 0 Å². The van der Waals surface area contributed by atoms with Crippen molar-refractivity contribution in [2.45, 2.75) is 12.4 Å². The molecule has 2 N–H and O–H groups in total. The summed E-state index contributed by atoms with van der Waals surface area (Å²) in [5.74, 6) is 0. The van der Waals surface area contributed by atoms with Gasteiger partial charge in [-0.15, -0.1) is 0 Å². The fraction of sp³-hybridized carbons (Fsp3) is 0.250. The smallest absolute Gasteiger partial charge is 0.423 e. The second kappa shape index (κ2) is 4.23. The second-order valence-electron chi connectivity index (χ2n) is 3.17. The highest BCUT2D eigenvalue weighted by atomic mass is 19.4. The Morgan fingerprint density at radius 3 is 1.76 bits per heavy atom. The van der Waals surface area contributed by atoms with Gasteiger partial charge in [0.05, 0.1) is 11.1 Å². The van der Waals surface area contributed by atoms with Crippen molar-refractivity contribution in [2.24, 2.45) is 0 Å². The van der Waals surface area contributed by atoms with E-state index < -0.39 is 36.1 Å². The Morgan fingerprint density at radius 1 is 0.882 bits per heavy atom. The van der Waals surface area contributed by atoms with Crippen molar-refractivity contribution >= 4 is 12.6 Å². The third kappa shape index (κ3) is 3.13. The Hall–Kier alpha value is -1.22. The summed E-state index contributed by atoms with van der Waals surface area (Å²) in [5, 5.41) is 17.3. The van der Waals surface area contributed by atoms with Crippen LogP contribution in [0.3, 0.4) is 0 Å². The lowest BCUT2D eigenvalue weighted by Gasteiger charge is -2.15. The standard InChI is InChI=1S/C8H5BF6O2/c10-7(11,12)4-1-2-5(8(13,14)15)6(3-4)9(16)17/h1-3,16-17H. The van der Waals surface area contributed by atoms with Crippen LogP contribution in [0.2, 0.25) is 0 Å². The average molecular weight is 258 g/mol. The first kappa shape index (κ1) is 13.8. The summed E-state index contributed by atoms with van der Waals surface area (Å²) in [6, 6.07) is 0.458. The van der Waals surface area contributed by atoms with Gasteiger partial charge in [0.2, 0.25) is 0 Å². The molecule has 0 spiro atoms. The van der Waals surface area contributed by atoms with Crippen molar-refractivity contribution < 1.29 is 36.4 Å². The minimum Gasteiger partial charge on any atom is -0.423 e. The lowest BCUT2D eigenvalue weighted by atomic mass is 9.76. The monoisotopic (exact) mass is 258 g/mol. The third-order valence-electron chi connectivity index (χ3n) is 1.96. The van der Waals surface area contributed by atoms with Crippen molar-refractivity contribution in [1.29, 1.82) is 0 Å². The molecule has 0 amide bonds. The molecule has 0 unspecified atom stereocenters. The van der Waals surface area contributed by atoms with Crippen molar-refractivity contribution in [3.05, 3.63) is 29.3 Å². The number of hydrogen-bond acceptors (Lipinski definition) is 2. The maximum absolute atomic E-state index is 12.3. The SMILES string of the molecule is OB(O)c1cc(C(F)(F)F)ccc1C(F)(F)F. The largest absolute Gasteiger partial charge is 0.489 e. The molecule has 0 radical (unpaired) electrons. The minimum atomic E-state index is -4.96. The first-order chi connectivity index (χ1) is 7.53. The van der Waals surface area contributed by atoms with Crippen LogP contribution in [-0.2, 0) is 12.4 Å². The maximum atomic E-state index is 12.3.